The van der Waals surface area contributed by atoms with E-state index in [1.54, 1.807) is 6.92 Å². The number of fused-ring (bicyclic) bond motifs is 1. The molecular formula is C18H24N2O. The van der Waals surface area contributed by atoms with Crippen molar-refractivity contribution in [3.63, 3.8) is 0 Å². The van der Waals surface area contributed by atoms with Crippen LogP contribution in [0.2, 0.25) is 0 Å². The van der Waals surface area contributed by atoms with Crippen LogP contribution in [0.4, 0.5) is 0 Å². The molecule has 0 amide bonds. The molecule has 3 nitrogen and oxygen atoms in total. The number of hydrogen-bond donors (Lipinski definition) is 1. The van der Waals surface area contributed by atoms with Gasteiger partial charge in [-0.3, -0.25) is 9.69 Å². The summed E-state index contributed by atoms with van der Waals surface area (Å²) in [7, 11) is 2.19. The first-order chi connectivity index (χ1) is 10.1. The van der Waals surface area contributed by atoms with E-state index in [2.05, 4.69) is 54.3 Å². The summed E-state index contributed by atoms with van der Waals surface area (Å²) < 4.78 is 0. The maximum Gasteiger partial charge on any atom is 0.133 e. The molecule has 1 N–H and O–H groups in total. The third kappa shape index (κ3) is 2.40. The number of rotatable bonds is 3. The highest BCUT2D eigenvalue weighted by molar-refractivity contribution is 5.84. The first-order valence-corrected chi connectivity index (χ1v) is 7.90. The number of carbonyl (C=O) groups excluding carboxylic acids is 1. The molecule has 0 unspecified atom stereocenters. The Kier molecular flexibility index (Phi) is 3.85. The van der Waals surface area contributed by atoms with Crippen LogP contribution in [0.5, 0.6) is 0 Å². The van der Waals surface area contributed by atoms with Crippen molar-refractivity contribution in [3.8, 4) is 0 Å². The Morgan fingerprint density at radius 2 is 2.14 bits per heavy atom. The quantitative estimate of drug-likeness (QED) is 0.931. The van der Waals surface area contributed by atoms with Gasteiger partial charge in [0, 0.05) is 29.1 Å². The lowest BCUT2D eigenvalue weighted by atomic mass is 9.74. The predicted octanol–water partition coefficient (Wildman–Crippen LogP) is 3.78. The predicted molar refractivity (Wildman–Crippen MR) is 86.2 cm³/mol. The smallest absolute Gasteiger partial charge is 0.133 e. The second-order valence-electron chi connectivity index (χ2n) is 6.29. The van der Waals surface area contributed by atoms with Gasteiger partial charge in [0.25, 0.3) is 0 Å². The van der Waals surface area contributed by atoms with E-state index in [-0.39, 0.29) is 5.92 Å². The Balaban J connectivity index is 2.06. The fourth-order valence-electron chi connectivity index (χ4n) is 4.06. The van der Waals surface area contributed by atoms with Crippen LogP contribution >= 0.6 is 0 Å². The zero-order valence-electron chi connectivity index (χ0n) is 13.1. The van der Waals surface area contributed by atoms with E-state index in [1.165, 1.54) is 16.5 Å². The highest BCUT2D eigenvalue weighted by atomic mass is 16.1. The van der Waals surface area contributed by atoms with Gasteiger partial charge >= 0.3 is 0 Å². The average molecular weight is 284 g/mol. The monoisotopic (exact) mass is 284 g/mol. The molecule has 1 aliphatic heterocycles. The lowest BCUT2D eigenvalue weighted by Gasteiger charge is -2.43. The lowest BCUT2D eigenvalue weighted by molar-refractivity contribution is -0.125. The topological polar surface area (TPSA) is 36.1 Å². The van der Waals surface area contributed by atoms with Crippen molar-refractivity contribution in [2.75, 3.05) is 13.6 Å². The van der Waals surface area contributed by atoms with Crippen LogP contribution in [0, 0.1) is 11.8 Å². The van der Waals surface area contributed by atoms with Crippen molar-refractivity contribution in [2.24, 2.45) is 11.8 Å². The van der Waals surface area contributed by atoms with Crippen LogP contribution in [-0.4, -0.2) is 29.3 Å². The first kappa shape index (κ1) is 14.3. The number of benzene rings is 1. The standard InChI is InChI=1S/C18H24N2O/c1-4-13-14(12(2)21)9-10-20(3)18(13)16-11-19-17-8-6-5-7-15(16)17/h5-8,11,13-14,18-19H,4,9-10H2,1-3H3/t13-,14-,18-/m0/s1. The minimum absolute atomic E-state index is 0.199. The second-order valence-corrected chi connectivity index (χ2v) is 6.29. The van der Waals surface area contributed by atoms with Crippen LogP contribution in [0.3, 0.4) is 0 Å². The zero-order chi connectivity index (χ0) is 15.0. The molecule has 3 heteroatoms. The van der Waals surface area contributed by atoms with Gasteiger partial charge in [0.15, 0.2) is 0 Å². The molecule has 0 radical (unpaired) electrons. The number of piperidine rings is 1. The molecule has 21 heavy (non-hydrogen) atoms. The number of nitrogens with zero attached hydrogens (tertiary/aromatic N) is 1. The van der Waals surface area contributed by atoms with Crippen LogP contribution in [-0.2, 0) is 4.79 Å². The van der Waals surface area contributed by atoms with Gasteiger partial charge in [0.1, 0.15) is 5.78 Å². The van der Waals surface area contributed by atoms with E-state index in [9.17, 15) is 4.79 Å². The third-order valence-electron chi connectivity index (χ3n) is 5.12. The van der Waals surface area contributed by atoms with Crippen molar-refractivity contribution < 1.29 is 4.79 Å². The first-order valence-electron chi connectivity index (χ1n) is 7.90. The Morgan fingerprint density at radius 3 is 2.86 bits per heavy atom. The third-order valence-corrected chi connectivity index (χ3v) is 5.12. The zero-order valence-corrected chi connectivity index (χ0v) is 13.1. The molecule has 3 rings (SSSR count). The maximum atomic E-state index is 12.0. The molecule has 2 heterocycles. The molecule has 2 aromatic rings. The van der Waals surface area contributed by atoms with Gasteiger partial charge in [-0.2, -0.15) is 0 Å². The molecule has 112 valence electrons. The van der Waals surface area contributed by atoms with Gasteiger partial charge in [-0.1, -0.05) is 31.5 Å². The van der Waals surface area contributed by atoms with E-state index in [0.717, 1.165) is 19.4 Å². The Morgan fingerprint density at radius 1 is 1.38 bits per heavy atom. The van der Waals surface area contributed by atoms with Gasteiger partial charge in [-0.25, -0.2) is 0 Å². The van der Waals surface area contributed by atoms with Crippen LogP contribution in [0.25, 0.3) is 10.9 Å². The van der Waals surface area contributed by atoms with Gasteiger partial charge < -0.3 is 4.98 Å². The molecule has 3 atom stereocenters. The van der Waals surface area contributed by atoms with Gasteiger partial charge in [-0.05, 0) is 44.5 Å². The fraction of sp³-hybridized carbons (Fsp3) is 0.500. The summed E-state index contributed by atoms with van der Waals surface area (Å²) in [5.41, 5.74) is 2.52. The SMILES string of the molecule is CC[C@@H]1[C@@H](c2c[nH]c3ccccc23)N(C)CC[C@H]1C(C)=O. The normalized spacial score (nSPS) is 27.1. The summed E-state index contributed by atoms with van der Waals surface area (Å²) >= 11 is 0. The summed E-state index contributed by atoms with van der Waals surface area (Å²) in [4.78, 5) is 17.8. The number of aromatic nitrogens is 1. The Bertz CT molecular complexity index is 645. The Hall–Kier alpha value is -1.61. The largest absolute Gasteiger partial charge is 0.361 e. The molecule has 1 aliphatic rings. The van der Waals surface area contributed by atoms with E-state index in [4.69, 9.17) is 0 Å². The Labute approximate surface area is 126 Å². The number of para-hydroxylation sites is 1. The minimum Gasteiger partial charge on any atom is -0.361 e. The molecule has 1 saturated heterocycles. The van der Waals surface area contributed by atoms with Crippen molar-refractivity contribution in [1.29, 1.82) is 0 Å². The average Bonchev–Trinajstić information content (AvgIpc) is 2.90. The number of nitrogens with one attached hydrogen (secondary N) is 1. The summed E-state index contributed by atoms with van der Waals surface area (Å²) in [6.07, 6.45) is 4.17. The van der Waals surface area contributed by atoms with Crippen molar-refractivity contribution in [2.45, 2.75) is 32.7 Å². The van der Waals surface area contributed by atoms with Crippen LogP contribution < -0.4 is 0 Å². The van der Waals surface area contributed by atoms with Gasteiger partial charge in [-0.15, -0.1) is 0 Å². The van der Waals surface area contributed by atoms with Crippen molar-refractivity contribution >= 4 is 16.7 Å². The van der Waals surface area contributed by atoms with Crippen molar-refractivity contribution in [1.82, 2.24) is 9.88 Å². The van der Waals surface area contributed by atoms with Crippen LogP contribution in [0.1, 0.15) is 38.3 Å². The molecule has 0 aliphatic carbocycles. The molecule has 0 bridgehead atoms. The number of carbonyl (C=O) groups is 1. The van der Waals surface area contributed by atoms with E-state index < -0.39 is 0 Å². The molecule has 1 aromatic heterocycles. The highest BCUT2D eigenvalue weighted by Crippen LogP contribution is 2.43. The number of aromatic amines is 1. The summed E-state index contributed by atoms with van der Waals surface area (Å²) in [6.45, 7) is 4.96. The van der Waals surface area contributed by atoms with E-state index in [0.29, 0.717) is 17.7 Å². The summed E-state index contributed by atoms with van der Waals surface area (Å²) in [5.74, 6) is 0.949. The number of hydrogen-bond acceptors (Lipinski definition) is 2. The number of H-pyrrole nitrogens is 1. The van der Waals surface area contributed by atoms with Gasteiger partial charge in [0.2, 0.25) is 0 Å². The molecular weight excluding hydrogens is 260 g/mol. The summed E-state index contributed by atoms with van der Waals surface area (Å²) in [5, 5.41) is 1.29. The highest BCUT2D eigenvalue weighted by Gasteiger charge is 2.39. The molecule has 1 fully saturated rings. The molecule has 1 aromatic carbocycles. The second kappa shape index (κ2) is 5.64. The van der Waals surface area contributed by atoms with Gasteiger partial charge in [0.05, 0.1) is 0 Å². The molecule has 0 spiro atoms. The fourth-order valence-corrected chi connectivity index (χ4v) is 4.06. The van der Waals surface area contributed by atoms with E-state index >= 15 is 0 Å². The van der Waals surface area contributed by atoms with Crippen molar-refractivity contribution in [3.05, 3.63) is 36.0 Å². The number of Topliss-reactive ketones (excluding diaryl/α,β-unsaturated/α-hetero) is 1. The minimum atomic E-state index is 0.199. The summed E-state index contributed by atoms with van der Waals surface area (Å²) in [6, 6.07) is 8.77. The van der Waals surface area contributed by atoms with E-state index in [1.807, 2.05) is 0 Å². The van der Waals surface area contributed by atoms with Crippen LogP contribution in [0.15, 0.2) is 30.5 Å². The number of ketones is 1. The molecule has 0 saturated carbocycles. The maximum absolute atomic E-state index is 12.0. The lowest BCUT2D eigenvalue weighted by Crippen LogP contribution is -2.43. The number of likely N-dealkylation sites (tertiary alicyclic amines) is 1.